The molecule has 1 fully saturated rings. The number of amides is 1. The lowest BCUT2D eigenvalue weighted by Crippen LogP contribution is -2.54. The molecule has 0 aromatic heterocycles. The molecule has 0 saturated carbocycles. The first-order valence-corrected chi connectivity index (χ1v) is 9.98. The van der Waals surface area contributed by atoms with Crippen molar-refractivity contribution in [2.45, 2.75) is 50.2 Å². The summed E-state index contributed by atoms with van der Waals surface area (Å²) in [5, 5.41) is 0. The molecule has 2 aromatic rings. The van der Waals surface area contributed by atoms with Crippen LogP contribution in [0.3, 0.4) is 0 Å². The van der Waals surface area contributed by atoms with E-state index in [9.17, 15) is 22.8 Å². The minimum atomic E-state index is -5.03. The first-order chi connectivity index (χ1) is 14.8. The van der Waals surface area contributed by atoms with Crippen LogP contribution in [0.15, 0.2) is 60.7 Å². The molecule has 5 nitrogen and oxygen atoms in total. The molecule has 8 heteroatoms. The maximum absolute atomic E-state index is 14.2. The van der Waals surface area contributed by atoms with Gasteiger partial charge in [0.05, 0.1) is 6.04 Å². The summed E-state index contributed by atoms with van der Waals surface area (Å²) in [6.07, 6.45) is -4.06. The van der Waals surface area contributed by atoms with E-state index in [0.717, 1.165) is 17.6 Å². The fraction of sp³-hybridized carbons (Fsp3) is 0.391. The molecule has 0 N–H and O–H groups in total. The van der Waals surface area contributed by atoms with Gasteiger partial charge in [0.2, 0.25) is 0 Å². The average molecular weight is 435 g/mol. The van der Waals surface area contributed by atoms with E-state index < -0.39 is 35.7 Å². The van der Waals surface area contributed by atoms with Gasteiger partial charge in [0.1, 0.15) is 6.61 Å². The third kappa shape index (κ3) is 4.30. The normalized spacial score (nSPS) is 20.1. The Morgan fingerprint density at radius 3 is 2.10 bits per heavy atom. The molecule has 1 aliphatic heterocycles. The summed E-state index contributed by atoms with van der Waals surface area (Å²) in [4.78, 5) is 26.8. The van der Waals surface area contributed by atoms with Gasteiger partial charge in [0.15, 0.2) is 6.04 Å². The van der Waals surface area contributed by atoms with Gasteiger partial charge in [-0.15, -0.1) is 0 Å². The maximum atomic E-state index is 14.2. The Kier molecular flexibility index (Phi) is 6.69. The van der Waals surface area contributed by atoms with Gasteiger partial charge in [-0.2, -0.15) is 13.2 Å². The first-order valence-electron chi connectivity index (χ1n) is 9.98. The maximum Gasteiger partial charge on any atom is 0.430 e. The van der Waals surface area contributed by atoms with Crippen molar-refractivity contribution in [1.82, 2.24) is 4.90 Å². The van der Waals surface area contributed by atoms with E-state index in [2.05, 4.69) is 0 Å². The van der Waals surface area contributed by atoms with E-state index in [1.165, 1.54) is 24.3 Å². The summed E-state index contributed by atoms with van der Waals surface area (Å²) >= 11 is 0. The Balaban J connectivity index is 1.87. The lowest BCUT2D eigenvalue weighted by Gasteiger charge is -2.33. The smallest absolute Gasteiger partial charge is 0.430 e. The molecule has 3 rings (SSSR count). The van der Waals surface area contributed by atoms with Crippen molar-refractivity contribution >= 4 is 11.9 Å². The number of methoxy groups -OCH3 is 1. The third-order valence-corrected chi connectivity index (χ3v) is 5.40. The van der Waals surface area contributed by atoms with Gasteiger partial charge in [0.25, 0.3) is 11.5 Å². The number of nitrogens with zero attached hydrogens (tertiary/aromatic N) is 1. The largest absolute Gasteiger partial charge is 0.459 e. The molecule has 0 bridgehead atoms. The van der Waals surface area contributed by atoms with Gasteiger partial charge < -0.3 is 14.4 Å². The first kappa shape index (κ1) is 22.8. The molecule has 1 amide bonds. The molecule has 1 heterocycles. The molecular weight excluding hydrogens is 411 g/mol. The number of carbonyl (C=O) groups is 2. The van der Waals surface area contributed by atoms with Crippen molar-refractivity contribution in [3.05, 3.63) is 71.8 Å². The molecule has 0 unspecified atom stereocenters. The number of hydrogen-bond acceptors (Lipinski definition) is 4. The summed E-state index contributed by atoms with van der Waals surface area (Å²) in [5.74, 6) is -2.04. The van der Waals surface area contributed by atoms with Crippen LogP contribution in [0.5, 0.6) is 0 Å². The second-order valence-electron chi connectivity index (χ2n) is 7.36. The summed E-state index contributed by atoms with van der Waals surface area (Å²) in [6, 6.07) is 13.9. The number of benzene rings is 2. The fourth-order valence-corrected chi connectivity index (χ4v) is 3.82. The molecule has 31 heavy (non-hydrogen) atoms. The monoisotopic (exact) mass is 435 g/mol. The zero-order valence-electron chi connectivity index (χ0n) is 17.3. The van der Waals surface area contributed by atoms with Crippen LogP contribution >= 0.6 is 0 Å². The Hall–Kier alpha value is -2.87. The second kappa shape index (κ2) is 9.09. The van der Waals surface area contributed by atoms with Gasteiger partial charge >= 0.3 is 12.1 Å². The van der Waals surface area contributed by atoms with Gasteiger partial charge in [-0.3, -0.25) is 4.79 Å². The minimum Gasteiger partial charge on any atom is -0.459 e. The van der Waals surface area contributed by atoms with Crippen LogP contribution in [-0.4, -0.2) is 42.1 Å². The van der Waals surface area contributed by atoms with Crippen LogP contribution < -0.4 is 0 Å². The highest BCUT2D eigenvalue weighted by Gasteiger charge is 2.69. The molecule has 0 spiro atoms. The van der Waals surface area contributed by atoms with Crippen molar-refractivity contribution in [2.75, 3.05) is 7.11 Å². The number of hydrogen-bond donors (Lipinski definition) is 0. The Labute approximate surface area is 178 Å². The quantitative estimate of drug-likeness (QED) is 0.460. The Morgan fingerprint density at radius 2 is 1.58 bits per heavy atom. The number of ether oxygens (including phenoxy) is 2. The van der Waals surface area contributed by atoms with Gasteiger partial charge in [-0.1, -0.05) is 74.0 Å². The summed E-state index contributed by atoms with van der Waals surface area (Å²) in [5.41, 5.74) is -2.80. The topological polar surface area (TPSA) is 55.6 Å². The van der Waals surface area contributed by atoms with E-state index in [-0.39, 0.29) is 12.2 Å². The highest BCUT2D eigenvalue weighted by Crippen LogP contribution is 2.47. The lowest BCUT2D eigenvalue weighted by molar-refractivity contribution is -0.268. The van der Waals surface area contributed by atoms with E-state index in [0.29, 0.717) is 12.8 Å². The van der Waals surface area contributed by atoms with Crippen molar-refractivity contribution in [3.8, 4) is 0 Å². The molecule has 0 aliphatic carbocycles. The minimum absolute atomic E-state index is 0.0234. The Morgan fingerprint density at radius 1 is 1.00 bits per heavy atom. The van der Waals surface area contributed by atoms with Crippen molar-refractivity contribution < 1.29 is 32.2 Å². The van der Waals surface area contributed by atoms with E-state index in [1.54, 1.807) is 30.3 Å². The predicted octanol–water partition coefficient (Wildman–Crippen LogP) is 4.21. The molecule has 0 radical (unpaired) electrons. The van der Waals surface area contributed by atoms with Crippen molar-refractivity contribution in [2.24, 2.45) is 0 Å². The molecule has 166 valence electrons. The van der Waals surface area contributed by atoms with Gasteiger partial charge in [-0.25, -0.2) is 4.79 Å². The number of carbonyl (C=O) groups excluding carboxylic acids is 2. The van der Waals surface area contributed by atoms with Gasteiger partial charge in [0, 0.05) is 12.7 Å². The predicted molar refractivity (Wildman–Crippen MR) is 107 cm³/mol. The van der Waals surface area contributed by atoms with E-state index in [4.69, 9.17) is 9.47 Å². The van der Waals surface area contributed by atoms with Crippen LogP contribution in [0.25, 0.3) is 0 Å². The summed E-state index contributed by atoms with van der Waals surface area (Å²) in [6.45, 7) is 1.81. The molecule has 1 saturated heterocycles. The SMILES string of the molecule is CCC[C@@H]1[C@H](C(=O)OCc2ccccc2)N1C(=O)[C@](OC)(c1ccccc1)C(F)(F)F. The molecule has 1 aliphatic rings. The molecule has 3 atom stereocenters. The zero-order valence-corrected chi connectivity index (χ0v) is 17.3. The number of esters is 1. The van der Waals surface area contributed by atoms with E-state index >= 15 is 0 Å². The van der Waals surface area contributed by atoms with Crippen LogP contribution in [-0.2, 0) is 31.3 Å². The van der Waals surface area contributed by atoms with Crippen LogP contribution in [0.4, 0.5) is 13.2 Å². The van der Waals surface area contributed by atoms with Crippen LogP contribution in [0, 0.1) is 0 Å². The standard InChI is InChI=1S/C23H24F3NO4/c1-3-10-18-19(20(28)31-15-16-11-6-4-7-12-16)27(18)21(29)22(30-2,23(24,25)26)17-13-8-5-9-14-17/h4-9,11-14,18-19H,3,10,15H2,1-2H3/t18-,19-,22-,27?/m1/s1. The highest BCUT2D eigenvalue weighted by molar-refractivity contribution is 5.96. The zero-order chi connectivity index (χ0) is 22.6. The lowest BCUT2D eigenvalue weighted by atomic mass is 9.91. The summed E-state index contributed by atoms with van der Waals surface area (Å²) in [7, 11) is 0.847. The third-order valence-electron chi connectivity index (χ3n) is 5.40. The molecule has 2 aromatic carbocycles. The number of halogens is 3. The number of rotatable bonds is 8. The summed E-state index contributed by atoms with van der Waals surface area (Å²) < 4.78 is 52.8. The Bertz CT molecular complexity index is 904. The average Bonchev–Trinajstić information content (AvgIpc) is 3.47. The van der Waals surface area contributed by atoms with E-state index in [1.807, 2.05) is 13.0 Å². The van der Waals surface area contributed by atoms with Crippen LogP contribution in [0.2, 0.25) is 0 Å². The molecular formula is C23H24F3NO4. The van der Waals surface area contributed by atoms with Crippen LogP contribution in [0.1, 0.15) is 30.9 Å². The second-order valence-corrected chi connectivity index (χ2v) is 7.36. The van der Waals surface area contributed by atoms with Crippen molar-refractivity contribution in [1.29, 1.82) is 0 Å². The van der Waals surface area contributed by atoms with Gasteiger partial charge in [-0.05, 0) is 12.0 Å². The highest BCUT2D eigenvalue weighted by atomic mass is 19.4. The van der Waals surface area contributed by atoms with Crippen molar-refractivity contribution in [3.63, 3.8) is 0 Å². The fourth-order valence-electron chi connectivity index (χ4n) is 3.82. The number of alkyl halides is 3.